The first kappa shape index (κ1) is 10.0. The molecule has 0 saturated heterocycles. The fourth-order valence-corrected chi connectivity index (χ4v) is 1.90. The topological polar surface area (TPSA) is 64.8 Å². The van der Waals surface area contributed by atoms with Gasteiger partial charge in [-0.1, -0.05) is 6.42 Å². The molecule has 0 radical (unpaired) electrons. The van der Waals surface area contributed by atoms with Gasteiger partial charge in [0.2, 0.25) is 0 Å². The lowest BCUT2D eigenvalue weighted by Crippen LogP contribution is -2.27. The van der Waals surface area contributed by atoms with Gasteiger partial charge in [0.05, 0.1) is 12.1 Å². The van der Waals surface area contributed by atoms with E-state index in [2.05, 4.69) is 10.2 Å². The van der Waals surface area contributed by atoms with Crippen LogP contribution in [0.5, 0.6) is 0 Å². The molecule has 1 aromatic heterocycles. The van der Waals surface area contributed by atoms with Crippen LogP contribution in [0.25, 0.3) is 0 Å². The van der Waals surface area contributed by atoms with Crippen molar-refractivity contribution in [2.24, 2.45) is 13.0 Å². The van der Waals surface area contributed by atoms with E-state index in [0.717, 1.165) is 12.8 Å². The minimum Gasteiger partial charge on any atom is -0.299 e. The van der Waals surface area contributed by atoms with E-state index in [1.807, 2.05) is 0 Å². The molecule has 0 aliphatic heterocycles. The Morgan fingerprint density at radius 3 is 2.93 bits per heavy atom. The molecule has 1 atom stereocenters. The predicted molar refractivity (Wildman–Crippen MR) is 52.3 cm³/mol. The minimum atomic E-state index is -0.476. The summed E-state index contributed by atoms with van der Waals surface area (Å²) >= 11 is 0. The number of aromatic nitrogens is 3. The van der Waals surface area contributed by atoms with Crippen LogP contribution in [0.1, 0.15) is 36.2 Å². The number of Topliss-reactive ketones (excluding diaryl/α,β-unsaturated/α-hetero) is 2. The smallest absolute Gasteiger partial charge is 0.195 e. The van der Waals surface area contributed by atoms with E-state index >= 15 is 0 Å². The van der Waals surface area contributed by atoms with E-state index in [1.165, 1.54) is 11.0 Å². The Hall–Kier alpha value is -1.52. The van der Waals surface area contributed by atoms with Crippen molar-refractivity contribution in [3.8, 4) is 0 Å². The lowest BCUT2D eigenvalue weighted by Gasteiger charge is -2.17. The molecule has 1 aromatic rings. The Morgan fingerprint density at radius 2 is 2.33 bits per heavy atom. The van der Waals surface area contributed by atoms with Crippen LogP contribution in [0.3, 0.4) is 0 Å². The molecule has 1 saturated carbocycles. The maximum Gasteiger partial charge on any atom is 0.195 e. The molecule has 1 fully saturated rings. The van der Waals surface area contributed by atoms with Crippen LogP contribution in [0, 0.1) is 5.92 Å². The van der Waals surface area contributed by atoms with Gasteiger partial charge in [-0.05, 0) is 12.8 Å². The predicted octanol–water partition coefficient (Wildman–Crippen LogP) is 0.757. The molecule has 5 nitrogen and oxygen atoms in total. The second kappa shape index (κ2) is 3.92. The average Bonchev–Trinajstić information content (AvgIpc) is 2.65. The van der Waals surface area contributed by atoms with E-state index in [1.54, 1.807) is 7.05 Å². The van der Waals surface area contributed by atoms with Gasteiger partial charge in [-0.15, -0.1) is 0 Å². The Labute approximate surface area is 87.5 Å². The zero-order chi connectivity index (χ0) is 10.8. The molecule has 5 heteroatoms. The highest BCUT2D eigenvalue weighted by atomic mass is 16.2. The number of hydrogen-bond acceptors (Lipinski definition) is 4. The lowest BCUT2D eigenvalue weighted by atomic mass is 9.84. The molecule has 1 heterocycles. The van der Waals surface area contributed by atoms with Gasteiger partial charge < -0.3 is 0 Å². The SMILES string of the molecule is Cn1ncc(C(=O)C2CCCCC2=O)n1. The first-order valence-corrected chi connectivity index (χ1v) is 5.12. The summed E-state index contributed by atoms with van der Waals surface area (Å²) in [6, 6.07) is 0. The van der Waals surface area contributed by atoms with Crippen LogP contribution >= 0.6 is 0 Å². The highest BCUT2D eigenvalue weighted by Crippen LogP contribution is 2.23. The van der Waals surface area contributed by atoms with Crippen molar-refractivity contribution in [3.05, 3.63) is 11.9 Å². The Bertz CT molecular complexity index is 397. The van der Waals surface area contributed by atoms with Gasteiger partial charge in [0, 0.05) is 13.5 Å². The van der Waals surface area contributed by atoms with Crippen LogP contribution in [0.15, 0.2) is 6.20 Å². The largest absolute Gasteiger partial charge is 0.299 e. The molecule has 1 aliphatic rings. The van der Waals surface area contributed by atoms with Crippen molar-refractivity contribution < 1.29 is 9.59 Å². The standard InChI is InChI=1S/C10H13N3O2/c1-13-11-6-8(12-13)10(15)7-4-2-3-5-9(7)14/h6-7H,2-5H2,1H3. The van der Waals surface area contributed by atoms with E-state index in [-0.39, 0.29) is 11.6 Å². The van der Waals surface area contributed by atoms with Gasteiger partial charge in [0.1, 0.15) is 11.5 Å². The second-order valence-electron chi connectivity index (χ2n) is 3.85. The quantitative estimate of drug-likeness (QED) is 0.530. The molecule has 2 rings (SSSR count). The van der Waals surface area contributed by atoms with Gasteiger partial charge in [0.25, 0.3) is 0 Å². The Morgan fingerprint density at radius 1 is 1.53 bits per heavy atom. The van der Waals surface area contributed by atoms with Crippen molar-refractivity contribution in [3.63, 3.8) is 0 Å². The average molecular weight is 207 g/mol. The van der Waals surface area contributed by atoms with Crippen LogP contribution in [-0.2, 0) is 11.8 Å². The van der Waals surface area contributed by atoms with Gasteiger partial charge in [-0.3, -0.25) is 9.59 Å². The zero-order valence-electron chi connectivity index (χ0n) is 8.64. The first-order valence-electron chi connectivity index (χ1n) is 5.12. The zero-order valence-corrected chi connectivity index (χ0v) is 8.64. The summed E-state index contributed by atoms with van der Waals surface area (Å²) in [6.45, 7) is 0. The summed E-state index contributed by atoms with van der Waals surface area (Å²) in [5, 5.41) is 7.76. The number of rotatable bonds is 2. The third-order valence-corrected chi connectivity index (χ3v) is 2.72. The minimum absolute atomic E-state index is 0.0527. The van der Waals surface area contributed by atoms with E-state index < -0.39 is 5.92 Å². The highest BCUT2D eigenvalue weighted by molar-refractivity contribution is 6.09. The van der Waals surface area contributed by atoms with Crippen molar-refractivity contribution in [2.75, 3.05) is 0 Å². The summed E-state index contributed by atoms with van der Waals surface area (Å²) in [5.74, 6) is -0.597. The molecule has 0 amide bonds. The van der Waals surface area contributed by atoms with Crippen molar-refractivity contribution >= 4 is 11.6 Å². The lowest BCUT2D eigenvalue weighted by molar-refractivity contribution is -0.122. The Kier molecular flexibility index (Phi) is 2.62. The third kappa shape index (κ3) is 1.95. The van der Waals surface area contributed by atoms with Gasteiger partial charge >= 0.3 is 0 Å². The third-order valence-electron chi connectivity index (χ3n) is 2.72. The molecule has 0 bridgehead atoms. The van der Waals surface area contributed by atoms with E-state index in [9.17, 15) is 9.59 Å². The number of carbonyl (C=O) groups excluding carboxylic acids is 2. The molecule has 1 aliphatic carbocycles. The number of carbonyl (C=O) groups is 2. The van der Waals surface area contributed by atoms with E-state index in [0.29, 0.717) is 18.5 Å². The monoisotopic (exact) mass is 207 g/mol. The van der Waals surface area contributed by atoms with E-state index in [4.69, 9.17) is 0 Å². The molecular formula is C10H13N3O2. The highest BCUT2D eigenvalue weighted by Gasteiger charge is 2.30. The van der Waals surface area contributed by atoms with Crippen molar-refractivity contribution in [1.82, 2.24) is 15.0 Å². The molecule has 0 aromatic carbocycles. The van der Waals surface area contributed by atoms with Crippen LogP contribution in [-0.4, -0.2) is 26.6 Å². The summed E-state index contributed by atoms with van der Waals surface area (Å²) in [4.78, 5) is 24.8. The fourth-order valence-electron chi connectivity index (χ4n) is 1.90. The summed E-state index contributed by atoms with van der Waals surface area (Å²) in [5.41, 5.74) is 0.303. The maximum absolute atomic E-state index is 11.9. The number of nitrogens with zero attached hydrogens (tertiary/aromatic N) is 3. The molecule has 0 N–H and O–H groups in total. The molecular weight excluding hydrogens is 194 g/mol. The van der Waals surface area contributed by atoms with Crippen molar-refractivity contribution in [1.29, 1.82) is 0 Å². The molecule has 0 spiro atoms. The summed E-state index contributed by atoms with van der Waals surface area (Å²) in [6.07, 6.45) is 4.46. The van der Waals surface area contributed by atoms with Crippen LogP contribution in [0.2, 0.25) is 0 Å². The molecule has 80 valence electrons. The second-order valence-corrected chi connectivity index (χ2v) is 3.85. The Balaban J connectivity index is 2.16. The summed E-state index contributed by atoms with van der Waals surface area (Å²) < 4.78 is 0. The van der Waals surface area contributed by atoms with Gasteiger partial charge in [-0.25, -0.2) is 0 Å². The van der Waals surface area contributed by atoms with Gasteiger partial charge in [0.15, 0.2) is 5.78 Å². The summed E-state index contributed by atoms with van der Waals surface area (Å²) in [7, 11) is 1.65. The van der Waals surface area contributed by atoms with Gasteiger partial charge in [-0.2, -0.15) is 15.0 Å². The number of ketones is 2. The van der Waals surface area contributed by atoms with Crippen molar-refractivity contribution in [2.45, 2.75) is 25.7 Å². The van der Waals surface area contributed by atoms with Crippen LogP contribution in [0.4, 0.5) is 0 Å². The number of aryl methyl sites for hydroxylation is 1. The molecule has 1 unspecified atom stereocenters. The normalized spacial score (nSPS) is 21.7. The maximum atomic E-state index is 11.9. The number of hydrogen-bond donors (Lipinski definition) is 0. The molecule has 15 heavy (non-hydrogen) atoms. The van der Waals surface area contributed by atoms with Crippen LogP contribution < -0.4 is 0 Å². The fraction of sp³-hybridized carbons (Fsp3) is 0.600. The first-order chi connectivity index (χ1) is 7.18.